The van der Waals surface area contributed by atoms with Crippen molar-refractivity contribution in [3.8, 4) is 0 Å². The second-order valence-electron chi connectivity index (χ2n) is 2.41. The molecule has 0 N–H and O–H groups in total. The summed E-state index contributed by atoms with van der Waals surface area (Å²) >= 11 is 0. The highest BCUT2D eigenvalue weighted by Crippen LogP contribution is 2.11. The molecule has 11 heavy (non-hydrogen) atoms. The summed E-state index contributed by atoms with van der Waals surface area (Å²) < 4.78 is 4.80. The average Bonchev–Trinajstić information content (AvgIpc) is 2.02. The maximum absolute atomic E-state index is 10.7. The van der Waals surface area contributed by atoms with Crippen molar-refractivity contribution in [2.24, 2.45) is 5.92 Å². The van der Waals surface area contributed by atoms with Gasteiger partial charge in [0.05, 0.1) is 5.92 Å². The van der Waals surface area contributed by atoms with E-state index >= 15 is 0 Å². The van der Waals surface area contributed by atoms with E-state index in [4.69, 9.17) is 4.74 Å². The van der Waals surface area contributed by atoms with Gasteiger partial charge in [0.1, 0.15) is 6.61 Å². The van der Waals surface area contributed by atoms with Gasteiger partial charge in [-0.3, -0.25) is 4.79 Å². The first-order valence-electron chi connectivity index (χ1n) is 4.04. The van der Waals surface area contributed by atoms with Crippen LogP contribution in [0, 0.1) is 5.92 Å². The van der Waals surface area contributed by atoms with Gasteiger partial charge >= 0.3 is 5.97 Å². The molecule has 1 rings (SSSR count). The molecule has 0 aromatic carbocycles. The Morgan fingerprint density at radius 1 is 1.55 bits per heavy atom. The fourth-order valence-electron chi connectivity index (χ4n) is 0.859. The highest BCUT2D eigenvalue weighted by Gasteiger charge is 2.16. The number of rotatable bonds is 0. The molecule has 2 nitrogen and oxygen atoms in total. The number of hydrogen-bond donors (Lipinski definition) is 0. The number of carbonyl (C=O) groups excluding carboxylic acids is 1. The van der Waals surface area contributed by atoms with Gasteiger partial charge in [-0.15, -0.1) is 0 Å². The van der Waals surface area contributed by atoms with Crippen LogP contribution >= 0.6 is 0 Å². The summed E-state index contributed by atoms with van der Waals surface area (Å²) in [5.74, 6) is -0.153. The van der Waals surface area contributed by atoms with Crippen LogP contribution in [0.1, 0.15) is 27.7 Å². The largest absolute Gasteiger partial charge is 0.461 e. The molecule has 2 heteroatoms. The zero-order chi connectivity index (χ0) is 8.85. The van der Waals surface area contributed by atoms with Crippen LogP contribution in [0.4, 0.5) is 0 Å². The number of esters is 1. The van der Waals surface area contributed by atoms with Crippen molar-refractivity contribution in [3.05, 3.63) is 11.6 Å². The summed E-state index contributed by atoms with van der Waals surface area (Å²) in [6.45, 7) is 8.27. The molecule has 0 unspecified atom stereocenters. The van der Waals surface area contributed by atoms with Gasteiger partial charge in [-0.25, -0.2) is 0 Å². The van der Waals surface area contributed by atoms with Crippen LogP contribution in [0.3, 0.4) is 0 Å². The quantitative estimate of drug-likeness (QED) is 0.397. The standard InChI is InChI=1S/C7H10O2.C2H6/c1-5-3-6(2)7(8)9-4-5;1-2/h3,6H,4H2,1-2H3;1-2H3/t6-;/m0./s1. The Bertz CT molecular complexity index is 159. The van der Waals surface area contributed by atoms with Crippen LogP contribution in [0.5, 0.6) is 0 Å². The Kier molecular flexibility index (Phi) is 4.59. The highest BCUT2D eigenvalue weighted by molar-refractivity contribution is 5.75. The Balaban J connectivity index is 0.000000461. The van der Waals surface area contributed by atoms with Gasteiger partial charge in [-0.2, -0.15) is 0 Å². The molecule has 64 valence electrons. The lowest BCUT2D eigenvalue weighted by Crippen LogP contribution is -2.19. The van der Waals surface area contributed by atoms with E-state index in [1.165, 1.54) is 0 Å². The molecular weight excluding hydrogens is 140 g/mol. The number of hydrogen-bond acceptors (Lipinski definition) is 2. The van der Waals surface area contributed by atoms with Crippen LogP contribution in [0.2, 0.25) is 0 Å². The van der Waals surface area contributed by atoms with Crippen molar-refractivity contribution in [1.29, 1.82) is 0 Å². The van der Waals surface area contributed by atoms with Gasteiger partial charge in [0.15, 0.2) is 0 Å². The second-order valence-corrected chi connectivity index (χ2v) is 2.41. The fraction of sp³-hybridized carbons (Fsp3) is 0.667. The lowest BCUT2D eigenvalue weighted by atomic mass is 10.1. The first-order chi connectivity index (χ1) is 5.20. The molecule has 0 saturated carbocycles. The maximum atomic E-state index is 10.7. The lowest BCUT2D eigenvalue weighted by Gasteiger charge is -2.14. The molecule has 1 atom stereocenters. The number of carbonyl (C=O) groups is 1. The van der Waals surface area contributed by atoms with E-state index < -0.39 is 0 Å². The van der Waals surface area contributed by atoms with Gasteiger partial charge in [0.2, 0.25) is 0 Å². The third-order valence-electron chi connectivity index (χ3n) is 1.35. The Morgan fingerprint density at radius 3 is 2.45 bits per heavy atom. The Labute approximate surface area is 68.2 Å². The summed E-state index contributed by atoms with van der Waals surface area (Å²) in [4.78, 5) is 10.7. The van der Waals surface area contributed by atoms with Crippen molar-refractivity contribution < 1.29 is 9.53 Å². The summed E-state index contributed by atoms with van der Waals surface area (Å²) in [6.07, 6.45) is 1.94. The van der Waals surface area contributed by atoms with Crippen molar-refractivity contribution >= 4 is 5.97 Å². The van der Waals surface area contributed by atoms with Gasteiger partial charge in [0, 0.05) is 0 Å². The Hall–Kier alpha value is -0.790. The number of cyclic esters (lactones) is 1. The second kappa shape index (κ2) is 4.94. The van der Waals surface area contributed by atoms with Crippen LogP contribution in [0.25, 0.3) is 0 Å². The van der Waals surface area contributed by atoms with Crippen LogP contribution < -0.4 is 0 Å². The molecular formula is C9H16O2. The minimum Gasteiger partial charge on any atom is -0.461 e. The third kappa shape index (κ3) is 3.21. The van der Waals surface area contributed by atoms with Gasteiger partial charge in [-0.05, 0) is 19.4 Å². The molecule has 0 amide bonds. The van der Waals surface area contributed by atoms with Crippen molar-refractivity contribution in [2.45, 2.75) is 27.7 Å². The topological polar surface area (TPSA) is 26.3 Å². The van der Waals surface area contributed by atoms with Crippen LogP contribution in [-0.4, -0.2) is 12.6 Å². The first kappa shape index (κ1) is 10.2. The monoisotopic (exact) mass is 156 g/mol. The van der Waals surface area contributed by atoms with E-state index in [0.717, 1.165) is 5.57 Å². The van der Waals surface area contributed by atoms with Gasteiger partial charge < -0.3 is 4.74 Å². The zero-order valence-electron chi connectivity index (χ0n) is 7.68. The van der Waals surface area contributed by atoms with E-state index in [2.05, 4.69) is 0 Å². The smallest absolute Gasteiger partial charge is 0.312 e. The van der Waals surface area contributed by atoms with Crippen LogP contribution in [0.15, 0.2) is 11.6 Å². The fourth-order valence-corrected chi connectivity index (χ4v) is 0.859. The molecule has 0 saturated heterocycles. The molecule has 1 aliphatic rings. The van der Waals surface area contributed by atoms with Crippen LogP contribution in [-0.2, 0) is 9.53 Å². The van der Waals surface area contributed by atoms with E-state index in [1.54, 1.807) is 0 Å². The summed E-state index contributed by atoms with van der Waals surface area (Å²) in [6, 6.07) is 0. The molecule has 0 aliphatic carbocycles. The molecule has 0 aromatic heterocycles. The minimum absolute atomic E-state index is 0.0428. The van der Waals surface area contributed by atoms with Gasteiger partial charge in [-0.1, -0.05) is 19.9 Å². The maximum Gasteiger partial charge on any atom is 0.312 e. The zero-order valence-corrected chi connectivity index (χ0v) is 7.68. The van der Waals surface area contributed by atoms with Gasteiger partial charge in [0.25, 0.3) is 0 Å². The van der Waals surface area contributed by atoms with Crippen molar-refractivity contribution in [2.75, 3.05) is 6.61 Å². The van der Waals surface area contributed by atoms with Crippen molar-refractivity contribution in [3.63, 3.8) is 0 Å². The SMILES string of the molecule is CC.CC1=C[C@H](C)C(=O)OC1. The molecule has 1 heterocycles. The highest BCUT2D eigenvalue weighted by atomic mass is 16.5. The molecule has 1 aliphatic heterocycles. The van der Waals surface area contributed by atoms with E-state index in [1.807, 2.05) is 33.8 Å². The van der Waals surface area contributed by atoms with Crippen molar-refractivity contribution in [1.82, 2.24) is 0 Å². The molecule has 0 spiro atoms. The summed E-state index contributed by atoms with van der Waals surface area (Å²) in [7, 11) is 0. The summed E-state index contributed by atoms with van der Waals surface area (Å²) in [5, 5.41) is 0. The lowest BCUT2D eigenvalue weighted by molar-refractivity contribution is -0.146. The predicted octanol–water partition coefficient (Wildman–Crippen LogP) is 2.15. The van der Waals surface area contributed by atoms with E-state index in [9.17, 15) is 4.79 Å². The number of ether oxygens (including phenoxy) is 1. The normalized spacial score (nSPS) is 22.7. The molecule has 0 aromatic rings. The molecule has 0 fully saturated rings. The van der Waals surface area contributed by atoms with E-state index in [-0.39, 0.29) is 11.9 Å². The predicted molar refractivity (Wildman–Crippen MR) is 45.2 cm³/mol. The third-order valence-corrected chi connectivity index (χ3v) is 1.35. The first-order valence-corrected chi connectivity index (χ1v) is 4.04. The Morgan fingerprint density at radius 2 is 2.09 bits per heavy atom. The minimum atomic E-state index is -0.111. The molecule has 0 radical (unpaired) electrons. The average molecular weight is 156 g/mol. The molecule has 0 bridgehead atoms. The summed E-state index contributed by atoms with van der Waals surface area (Å²) in [5.41, 5.74) is 1.14. The van der Waals surface area contributed by atoms with E-state index in [0.29, 0.717) is 6.61 Å².